The van der Waals surface area contributed by atoms with Gasteiger partial charge in [-0.05, 0) is 71.9 Å². The van der Waals surface area contributed by atoms with Gasteiger partial charge in [0.25, 0.3) is 0 Å². The van der Waals surface area contributed by atoms with Gasteiger partial charge < -0.3 is 5.32 Å². The van der Waals surface area contributed by atoms with E-state index in [9.17, 15) is 19.2 Å². The number of thioether (sulfide) groups is 1. The zero-order valence-corrected chi connectivity index (χ0v) is 22.0. The minimum Gasteiger partial charge on any atom is -0.324 e. The van der Waals surface area contributed by atoms with Crippen LogP contribution in [0.15, 0.2) is 72.8 Å². The number of hydrogen-bond acceptors (Lipinski definition) is 5. The molecule has 3 atom stereocenters. The van der Waals surface area contributed by atoms with E-state index in [1.54, 1.807) is 36.0 Å². The Hall–Kier alpha value is -3.71. The lowest BCUT2D eigenvalue weighted by Crippen LogP contribution is -2.48. The molecule has 0 radical (unpaired) electrons. The molecule has 192 valence electrons. The Bertz CT molecular complexity index is 1350. The molecule has 0 unspecified atom stereocenters. The number of anilines is 1. The molecule has 3 aromatic carbocycles. The highest BCUT2D eigenvalue weighted by Crippen LogP contribution is 2.61. The molecule has 2 bridgehead atoms. The summed E-state index contributed by atoms with van der Waals surface area (Å²) in [6.45, 7) is 1.49. The van der Waals surface area contributed by atoms with Crippen LogP contribution in [0.25, 0.3) is 0 Å². The second-order valence-electron chi connectivity index (χ2n) is 10.2. The summed E-state index contributed by atoms with van der Waals surface area (Å²) in [5.41, 5.74) is 5.50. The third-order valence-corrected chi connectivity index (χ3v) is 8.90. The monoisotopic (exact) mass is 524 g/mol. The van der Waals surface area contributed by atoms with Crippen molar-refractivity contribution in [3.8, 4) is 0 Å². The van der Waals surface area contributed by atoms with Gasteiger partial charge in [-0.25, -0.2) is 0 Å². The minimum absolute atomic E-state index is 0.0618. The summed E-state index contributed by atoms with van der Waals surface area (Å²) in [6, 6.07) is 22.0. The minimum atomic E-state index is -0.911. The highest BCUT2D eigenvalue weighted by Gasteiger charge is 2.62. The van der Waals surface area contributed by atoms with Crippen molar-refractivity contribution in [1.29, 1.82) is 0 Å². The Morgan fingerprint density at radius 1 is 0.816 bits per heavy atom. The average Bonchev–Trinajstić information content (AvgIpc) is 3.19. The number of carbonyl (C=O) groups is 4. The third-order valence-electron chi connectivity index (χ3n) is 8.25. The molecule has 0 saturated carbocycles. The molecular formula is C31H28N2O4S. The largest absolute Gasteiger partial charge is 0.324 e. The SMILES string of the molecule is CSCC[C@H](C(=O)Nc1ccc(C(C)=O)cc1)N1C(=O)[C@H]2C3c4ccccc4C(c4ccccc43)[C@@H]2C1=O. The van der Waals surface area contributed by atoms with Crippen molar-refractivity contribution in [3.05, 3.63) is 101 Å². The Balaban J connectivity index is 1.36. The molecule has 1 N–H and O–H groups in total. The number of hydrogen-bond donors (Lipinski definition) is 1. The van der Waals surface area contributed by atoms with Crippen LogP contribution in [-0.2, 0) is 14.4 Å². The average molecular weight is 525 g/mol. The number of likely N-dealkylation sites (tertiary alicyclic amines) is 1. The summed E-state index contributed by atoms with van der Waals surface area (Å²) < 4.78 is 0. The number of carbonyl (C=O) groups excluding carboxylic acids is 4. The van der Waals surface area contributed by atoms with E-state index in [2.05, 4.69) is 29.6 Å². The van der Waals surface area contributed by atoms with Crippen molar-refractivity contribution in [2.75, 3.05) is 17.3 Å². The van der Waals surface area contributed by atoms with E-state index in [0.717, 1.165) is 22.3 Å². The topological polar surface area (TPSA) is 83.6 Å². The molecule has 6 nitrogen and oxygen atoms in total. The molecule has 3 amide bonds. The molecule has 38 heavy (non-hydrogen) atoms. The predicted octanol–water partition coefficient (Wildman–Crippen LogP) is 4.84. The van der Waals surface area contributed by atoms with Crippen molar-refractivity contribution in [3.63, 3.8) is 0 Å². The highest BCUT2D eigenvalue weighted by molar-refractivity contribution is 7.98. The van der Waals surface area contributed by atoms with Gasteiger partial charge in [0.05, 0.1) is 11.8 Å². The van der Waals surface area contributed by atoms with Gasteiger partial charge in [-0.2, -0.15) is 11.8 Å². The Morgan fingerprint density at radius 3 is 1.71 bits per heavy atom. The van der Waals surface area contributed by atoms with Crippen molar-refractivity contribution in [2.45, 2.75) is 31.2 Å². The number of nitrogens with zero attached hydrogens (tertiary/aromatic N) is 1. The zero-order valence-electron chi connectivity index (χ0n) is 21.2. The fourth-order valence-electron chi connectivity index (χ4n) is 6.63. The molecule has 7 heteroatoms. The number of nitrogens with one attached hydrogen (secondary N) is 1. The summed E-state index contributed by atoms with van der Waals surface area (Å²) in [6.07, 6.45) is 2.31. The molecule has 1 aliphatic heterocycles. The smallest absolute Gasteiger partial charge is 0.247 e. The number of benzene rings is 3. The van der Waals surface area contributed by atoms with E-state index < -0.39 is 23.8 Å². The first-order valence-corrected chi connectivity index (χ1v) is 14.3. The van der Waals surface area contributed by atoms with E-state index in [1.165, 1.54) is 11.8 Å². The molecule has 1 fully saturated rings. The lowest BCUT2D eigenvalue weighted by atomic mass is 9.55. The summed E-state index contributed by atoms with van der Waals surface area (Å²) in [7, 11) is 0. The highest BCUT2D eigenvalue weighted by atomic mass is 32.2. The maximum Gasteiger partial charge on any atom is 0.247 e. The van der Waals surface area contributed by atoms with Crippen molar-refractivity contribution in [1.82, 2.24) is 4.90 Å². The van der Waals surface area contributed by atoms with Crippen LogP contribution < -0.4 is 5.32 Å². The summed E-state index contributed by atoms with van der Waals surface area (Å²) >= 11 is 1.57. The van der Waals surface area contributed by atoms with Gasteiger partial charge in [0, 0.05) is 23.1 Å². The molecule has 7 rings (SSSR count). The van der Waals surface area contributed by atoms with Crippen LogP contribution in [-0.4, -0.2) is 46.5 Å². The summed E-state index contributed by atoms with van der Waals surface area (Å²) in [5.74, 6) is -1.79. The van der Waals surface area contributed by atoms with Crippen LogP contribution in [0.1, 0.15) is 57.8 Å². The van der Waals surface area contributed by atoms with E-state index in [-0.39, 0.29) is 29.4 Å². The molecule has 1 heterocycles. The third kappa shape index (κ3) is 3.71. The zero-order chi connectivity index (χ0) is 26.6. The van der Waals surface area contributed by atoms with Gasteiger partial charge in [0.1, 0.15) is 6.04 Å². The Kier molecular flexibility index (Phi) is 6.19. The second-order valence-corrected chi connectivity index (χ2v) is 11.2. The molecule has 4 aliphatic rings. The van der Waals surface area contributed by atoms with Gasteiger partial charge in [-0.3, -0.25) is 24.1 Å². The van der Waals surface area contributed by atoms with E-state index in [0.29, 0.717) is 23.4 Å². The second kappa shape index (κ2) is 9.55. The maximum absolute atomic E-state index is 14.1. The van der Waals surface area contributed by atoms with Crippen LogP contribution in [0.5, 0.6) is 0 Å². The summed E-state index contributed by atoms with van der Waals surface area (Å²) in [4.78, 5) is 54.7. The number of Topliss-reactive ketones (excluding diaryl/α,β-unsaturated/α-hetero) is 1. The fraction of sp³-hybridized carbons (Fsp3) is 0.290. The lowest BCUT2D eigenvalue weighted by Gasteiger charge is -2.45. The van der Waals surface area contributed by atoms with Crippen LogP contribution >= 0.6 is 11.8 Å². The molecule has 3 aromatic rings. The molecule has 1 saturated heterocycles. The standard InChI is InChI=1S/C31H28N2O4S/c1-17(34)18-11-13-19(14-12-18)32-29(35)24(15-16-38-2)33-30(36)27-25-20-7-3-4-8-21(20)26(28(27)31(33)37)23-10-6-5-9-22(23)25/h3-14,24-28H,15-16H2,1-2H3,(H,32,35)/t24-,25?,26?,27+,28+/m1/s1. The van der Waals surface area contributed by atoms with Gasteiger partial charge >= 0.3 is 0 Å². The van der Waals surface area contributed by atoms with Gasteiger partial charge in [-0.1, -0.05) is 48.5 Å². The number of amides is 3. The number of rotatable bonds is 7. The van der Waals surface area contributed by atoms with E-state index in [1.807, 2.05) is 30.5 Å². The molecular weight excluding hydrogens is 496 g/mol. The molecule has 3 aliphatic carbocycles. The number of ketones is 1. The van der Waals surface area contributed by atoms with E-state index >= 15 is 0 Å². The maximum atomic E-state index is 14.1. The van der Waals surface area contributed by atoms with Crippen molar-refractivity contribution in [2.24, 2.45) is 11.8 Å². The van der Waals surface area contributed by atoms with Gasteiger partial charge in [-0.15, -0.1) is 0 Å². The van der Waals surface area contributed by atoms with Crippen molar-refractivity contribution >= 4 is 41.0 Å². The Labute approximate surface area is 225 Å². The quantitative estimate of drug-likeness (QED) is 0.353. The van der Waals surface area contributed by atoms with Crippen molar-refractivity contribution < 1.29 is 19.2 Å². The first-order valence-electron chi connectivity index (χ1n) is 12.9. The predicted molar refractivity (Wildman–Crippen MR) is 147 cm³/mol. The first-order chi connectivity index (χ1) is 18.4. The van der Waals surface area contributed by atoms with Crippen LogP contribution in [0.3, 0.4) is 0 Å². The van der Waals surface area contributed by atoms with Gasteiger partial charge in [0.15, 0.2) is 5.78 Å². The molecule has 0 aromatic heterocycles. The molecule has 0 spiro atoms. The number of imide groups is 1. The van der Waals surface area contributed by atoms with Crippen LogP contribution in [0, 0.1) is 11.8 Å². The fourth-order valence-corrected chi connectivity index (χ4v) is 7.09. The van der Waals surface area contributed by atoms with Crippen LogP contribution in [0.2, 0.25) is 0 Å². The normalized spacial score (nSPS) is 23.5. The lowest BCUT2D eigenvalue weighted by molar-refractivity contribution is -0.146. The summed E-state index contributed by atoms with van der Waals surface area (Å²) in [5, 5.41) is 2.88. The van der Waals surface area contributed by atoms with Gasteiger partial charge in [0.2, 0.25) is 17.7 Å². The van der Waals surface area contributed by atoms with E-state index in [4.69, 9.17) is 0 Å². The Morgan fingerprint density at radius 2 is 1.29 bits per heavy atom. The van der Waals surface area contributed by atoms with Crippen LogP contribution in [0.4, 0.5) is 5.69 Å². The first kappa shape index (κ1) is 24.6.